The van der Waals surface area contributed by atoms with Gasteiger partial charge in [-0.25, -0.2) is 13.4 Å². The fourth-order valence-corrected chi connectivity index (χ4v) is 2.81. The van der Waals surface area contributed by atoms with E-state index in [1.54, 1.807) is 12.4 Å². The maximum absolute atomic E-state index is 11.5. The van der Waals surface area contributed by atoms with Gasteiger partial charge in [0.15, 0.2) is 5.75 Å². The molecule has 6 nitrogen and oxygen atoms in total. The van der Waals surface area contributed by atoms with Crippen LogP contribution in [0.5, 0.6) is 0 Å². The van der Waals surface area contributed by atoms with Crippen molar-refractivity contribution in [2.75, 3.05) is 12.8 Å². The van der Waals surface area contributed by atoms with Crippen molar-refractivity contribution in [2.45, 2.75) is 13.5 Å². The minimum Gasteiger partial charge on any atom is -0.480 e. The minimum atomic E-state index is -3.74. The molecule has 0 saturated carbocycles. The van der Waals surface area contributed by atoms with Crippen LogP contribution in [0.4, 0.5) is 0 Å². The van der Waals surface area contributed by atoms with Crippen molar-refractivity contribution in [1.29, 1.82) is 0 Å². The molecule has 0 unspecified atom stereocenters. The molecular formula is C8H12N2O4S2. The first-order valence-electron chi connectivity index (χ1n) is 4.37. The first-order valence-corrected chi connectivity index (χ1v) is 6.86. The number of carboxylic acids is 1. The number of carboxylic acid groups (broad SMARTS) is 1. The van der Waals surface area contributed by atoms with Crippen LogP contribution in [0.2, 0.25) is 0 Å². The van der Waals surface area contributed by atoms with Crippen molar-refractivity contribution in [2.24, 2.45) is 0 Å². The average Bonchev–Trinajstić information content (AvgIpc) is 2.49. The van der Waals surface area contributed by atoms with Crippen LogP contribution in [0.1, 0.15) is 10.6 Å². The molecule has 1 aromatic rings. The highest BCUT2D eigenvalue weighted by molar-refractivity contribution is 7.89. The highest BCUT2D eigenvalue weighted by Crippen LogP contribution is 2.15. The van der Waals surface area contributed by atoms with Gasteiger partial charge in [0, 0.05) is 18.5 Å². The van der Waals surface area contributed by atoms with Crippen LogP contribution >= 0.6 is 11.3 Å². The molecule has 0 aliphatic carbocycles. The number of nitrogens with zero attached hydrogens (tertiary/aromatic N) is 2. The Morgan fingerprint density at radius 3 is 2.69 bits per heavy atom. The molecule has 0 aliphatic heterocycles. The molecule has 1 N–H and O–H groups in total. The zero-order chi connectivity index (χ0) is 12.3. The third-order valence-corrected chi connectivity index (χ3v) is 4.60. The van der Waals surface area contributed by atoms with Crippen molar-refractivity contribution in [3.63, 3.8) is 0 Å². The van der Waals surface area contributed by atoms with Crippen LogP contribution in [0.15, 0.2) is 5.51 Å². The van der Waals surface area contributed by atoms with Crippen LogP contribution in [0.3, 0.4) is 0 Å². The van der Waals surface area contributed by atoms with E-state index in [4.69, 9.17) is 5.11 Å². The van der Waals surface area contributed by atoms with Crippen LogP contribution in [-0.2, 0) is 21.4 Å². The summed E-state index contributed by atoms with van der Waals surface area (Å²) >= 11 is 1.35. The van der Waals surface area contributed by atoms with Crippen LogP contribution in [0, 0.1) is 6.92 Å². The van der Waals surface area contributed by atoms with E-state index in [-0.39, 0.29) is 6.54 Å². The van der Waals surface area contributed by atoms with Crippen molar-refractivity contribution < 1.29 is 18.3 Å². The van der Waals surface area contributed by atoms with Crippen molar-refractivity contribution >= 4 is 27.3 Å². The molecular weight excluding hydrogens is 252 g/mol. The van der Waals surface area contributed by atoms with Gasteiger partial charge in [-0.1, -0.05) is 0 Å². The van der Waals surface area contributed by atoms with Gasteiger partial charge in [0.25, 0.3) is 0 Å². The predicted octanol–water partition coefficient (Wildman–Crippen LogP) is 0.298. The Bertz CT molecular complexity index is 480. The lowest BCUT2D eigenvalue weighted by Crippen LogP contribution is -2.31. The summed E-state index contributed by atoms with van der Waals surface area (Å²) in [6, 6.07) is 0. The Kier molecular flexibility index (Phi) is 4.00. The summed E-state index contributed by atoms with van der Waals surface area (Å²) in [4.78, 5) is 15.2. The van der Waals surface area contributed by atoms with Crippen LogP contribution in [-0.4, -0.2) is 41.6 Å². The summed E-state index contributed by atoms with van der Waals surface area (Å²) in [5.41, 5.74) is 2.39. The number of aliphatic carboxylic acids is 1. The Morgan fingerprint density at radius 2 is 2.25 bits per heavy atom. The zero-order valence-corrected chi connectivity index (χ0v) is 10.5. The monoisotopic (exact) mass is 264 g/mol. The molecule has 0 aromatic carbocycles. The quantitative estimate of drug-likeness (QED) is 0.826. The zero-order valence-electron chi connectivity index (χ0n) is 8.87. The van der Waals surface area contributed by atoms with E-state index in [1.165, 1.54) is 18.4 Å². The fourth-order valence-electron chi connectivity index (χ4n) is 1.04. The molecule has 1 rings (SSSR count). The molecule has 1 heterocycles. The molecule has 0 spiro atoms. The summed E-state index contributed by atoms with van der Waals surface area (Å²) in [5.74, 6) is -2.24. The topological polar surface area (TPSA) is 87.6 Å². The van der Waals surface area contributed by atoms with Gasteiger partial charge in [0.05, 0.1) is 11.2 Å². The Balaban J connectivity index is 2.76. The van der Waals surface area contributed by atoms with E-state index in [0.717, 1.165) is 14.9 Å². The Morgan fingerprint density at radius 1 is 1.62 bits per heavy atom. The van der Waals surface area contributed by atoms with E-state index < -0.39 is 21.7 Å². The maximum Gasteiger partial charge on any atom is 0.320 e. The molecule has 0 amide bonds. The summed E-state index contributed by atoms with van der Waals surface area (Å²) in [7, 11) is -2.38. The second-order valence-electron chi connectivity index (χ2n) is 3.27. The SMILES string of the molecule is Cc1ncsc1CN(C)S(=O)(=O)CC(=O)O. The van der Waals surface area contributed by atoms with Crippen molar-refractivity contribution in [1.82, 2.24) is 9.29 Å². The molecule has 90 valence electrons. The van der Waals surface area contributed by atoms with Gasteiger partial charge in [-0.05, 0) is 6.92 Å². The number of aromatic nitrogens is 1. The molecule has 1 aromatic heterocycles. The van der Waals surface area contributed by atoms with Crippen LogP contribution in [0.25, 0.3) is 0 Å². The second-order valence-corrected chi connectivity index (χ2v) is 6.28. The summed E-state index contributed by atoms with van der Waals surface area (Å²) in [5, 5.41) is 8.46. The predicted molar refractivity (Wildman–Crippen MR) is 59.7 cm³/mol. The fraction of sp³-hybridized carbons (Fsp3) is 0.500. The molecule has 0 fully saturated rings. The molecule has 0 aliphatic rings. The van der Waals surface area contributed by atoms with E-state index in [1.807, 2.05) is 0 Å². The lowest BCUT2D eigenvalue weighted by molar-refractivity contribution is -0.134. The number of sulfonamides is 1. The normalized spacial score (nSPS) is 11.9. The number of carbonyl (C=O) groups is 1. The molecule has 0 bridgehead atoms. The number of rotatable bonds is 5. The van der Waals surface area contributed by atoms with E-state index in [2.05, 4.69) is 4.98 Å². The second kappa shape index (κ2) is 4.89. The molecule has 8 heteroatoms. The first-order chi connectivity index (χ1) is 7.33. The lowest BCUT2D eigenvalue weighted by Gasteiger charge is -2.14. The van der Waals surface area contributed by atoms with Crippen molar-refractivity contribution in [3.05, 3.63) is 16.1 Å². The number of hydrogen-bond acceptors (Lipinski definition) is 5. The number of aryl methyl sites for hydroxylation is 1. The van der Waals surface area contributed by atoms with Gasteiger partial charge in [-0.15, -0.1) is 11.3 Å². The van der Waals surface area contributed by atoms with E-state index in [9.17, 15) is 13.2 Å². The Hall–Kier alpha value is -0.990. The van der Waals surface area contributed by atoms with Gasteiger partial charge >= 0.3 is 5.97 Å². The largest absolute Gasteiger partial charge is 0.480 e. The summed E-state index contributed by atoms with van der Waals surface area (Å²) in [6.45, 7) is 1.94. The average molecular weight is 264 g/mol. The van der Waals surface area contributed by atoms with Gasteiger partial charge < -0.3 is 5.11 Å². The van der Waals surface area contributed by atoms with E-state index in [0.29, 0.717) is 0 Å². The molecule has 16 heavy (non-hydrogen) atoms. The highest BCUT2D eigenvalue weighted by atomic mass is 32.2. The van der Waals surface area contributed by atoms with Crippen molar-refractivity contribution in [3.8, 4) is 0 Å². The number of thiazole rings is 1. The number of hydrogen-bond donors (Lipinski definition) is 1. The van der Waals surface area contributed by atoms with Gasteiger partial charge in [0.1, 0.15) is 0 Å². The highest BCUT2D eigenvalue weighted by Gasteiger charge is 2.22. The van der Waals surface area contributed by atoms with Gasteiger partial charge in [0.2, 0.25) is 10.0 Å². The third-order valence-electron chi connectivity index (χ3n) is 1.99. The van der Waals surface area contributed by atoms with Gasteiger partial charge in [-0.2, -0.15) is 4.31 Å². The smallest absolute Gasteiger partial charge is 0.320 e. The van der Waals surface area contributed by atoms with E-state index >= 15 is 0 Å². The maximum atomic E-state index is 11.5. The minimum absolute atomic E-state index is 0.159. The van der Waals surface area contributed by atoms with Crippen LogP contribution < -0.4 is 0 Å². The summed E-state index contributed by atoms with van der Waals surface area (Å²) < 4.78 is 24.0. The first kappa shape index (κ1) is 13.1. The molecule has 0 radical (unpaired) electrons. The lowest BCUT2D eigenvalue weighted by atomic mass is 10.4. The Labute approximate surface area is 97.6 Å². The standard InChI is InChI=1S/C8H12N2O4S2/c1-6-7(15-5-9-6)3-10(2)16(13,14)4-8(11)12/h5H,3-4H2,1-2H3,(H,11,12). The molecule has 0 saturated heterocycles. The van der Waals surface area contributed by atoms with Gasteiger partial charge in [-0.3, -0.25) is 4.79 Å². The third kappa shape index (κ3) is 3.26. The molecule has 0 atom stereocenters. The summed E-state index contributed by atoms with van der Waals surface area (Å²) in [6.07, 6.45) is 0.